The van der Waals surface area contributed by atoms with Crippen molar-refractivity contribution in [3.8, 4) is 0 Å². The van der Waals surface area contributed by atoms with Crippen molar-refractivity contribution in [1.29, 1.82) is 0 Å². The summed E-state index contributed by atoms with van der Waals surface area (Å²) in [5, 5.41) is 0. The number of hydrogen-bond donors (Lipinski definition) is 0. The Hall–Kier alpha value is 0.125. The Kier molecular flexibility index (Phi) is 2.90. The lowest BCUT2D eigenvalue weighted by Crippen LogP contribution is -2.36. The van der Waals surface area contributed by atoms with Gasteiger partial charge in [0.2, 0.25) is 0 Å². The Morgan fingerprint density at radius 1 is 1.62 bits per heavy atom. The molecule has 0 aromatic rings. The first kappa shape index (κ1) is 11.2. The summed E-state index contributed by atoms with van der Waals surface area (Å²) in [6, 6.07) is 0. The van der Waals surface area contributed by atoms with Crippen LogP contribution in [0.4, 0.5) is 0 Å². The van der Waals surface area contributed by atoms with E-state index in [-0.39, 0.29) is 22.9 Å². The van der Waals surface area contributed by atoms with E-state index in [9.17, 15) is 4.79 Å². The van der Waals surface area contributed by atoms with Gasteiger partial charge < -0.3 is 9.53 Å². The van der Waals surface area contributed by atoms with Gasteiger partial charge in [-0.25, -0.2) is 0 Å². The SMILES string of the molecule is B[C@]1(C)OC(C)(CP)C(C=O)C1C. The monoisotopic (exact) mass is 200 g/mol. The highest BCUT2D eigenvalue weighted by Gasteiger charge is 2.52. The third-order valence-corrected chi connectivity index (χ3v) is 4.20. The normalized spacial score (nSPS) is 50.8. The van der Waals surface area contributed by atoms with Crippen molar-refractivity contribution in [2.75, 3.05) is 6.16 Å². The molecule has 0 saturated carbocycles. The van der Waals surface area contributed by atoms with Gasteiger partial charge in [0.25, 0.3) is 0 Å². The number of ether oxygens (including phenoxy) is 1. The van der Waals surface area contributed by atoms with Crippen molar-refractivity contribution >= 4 is 23.4 Å². The van der Waals surface area contributed by atoms with Crippen molar-refractivity contribution in [2.45, 2.75) is 31.9 Å². The van der Waals surface area contributed by atoms with Gasteiger partial charge in [-0.2, -0.15) is 0 Å². The summed E-state index contributed by atoms with van der Waals surface area (Å²) in [6.07, 6.45) is 1.85. The van der Waals surface area contributed by atoms with Gasteiger partial charge in [-0.1, -0.05) is 6.92 Å². The molecule has 13 heavy (non-hydrogen) atoms. The molecule has 0 aliphatic carbocycles. The fraction of sp³-hybridized carbons (Fsp3) is 0.889. The summed E-state index contributed by atoms with van der Waals surface area (Å²) >= 11 is 0. The molecule has 0 radical (unpaired) electrons. The summed E-state index contributed by atoms with van der Waals surface area (Å²) in [7, 11) is 4.72. The Morgan fingerprint density at radius 2 is 2.15 bits per heavy atom. The highest BCUT2D eigenvalue weighted by Crippen LogP contribution is 2.44. The quantitative estimate of drug-likeness (QED) is 0.367. The van der Waals surface area contributed by atoms with Gasteiger partial charge in [0, 0.05) is 11.4 Å². The lowest BCUT2D eigenvalue weighted by atomic mass is 9.69. The number of rotatable bonds is 2. The summed E-state index contributed by atoms with van der Waals surface area (Å²) in [5.74, 6) is 0.301. The van der Waals surface area contributed by atoms with Crippen LogP contribution in [-0.2, 0) is 9.53 Å². The molecule has 2 nitrogen and oxygen atoms in total. The van der Waals surface area contributed by atoms with Crippen molar-refractivity contribution in [1.82, 2.24) is 0 Å². The summed E-state index contributed by atoms with van der Waals surface area (Å²) in [5.41, 5.74) is -0.480. The highest BCUT2D eigenvalue weighted by atomic mass is 31.0. The van der Waals surface area contributed by atoms with Crippen LogP contribution >= 0.6 is 9.24 Å². The van der Waals surface area contributed by atoms with E-state index in [1.807, 2.05) is 6.92 Å². The molecule has 0 amide bonds. The molecule has 4 heteroatoms. The minimum absolute atomic E-state index is 0.0139. The van der Waals surface area contributed by atoms with Gasteiger partial charge >= 0.3 is 0 Å². The number of carbonyl (C=O) groups excluding carboxylic acids is 1. The first-order valence-electron chi connectivity index (χ1n) is 4.73. The van der Waals surface area contributed by atoms with Crippen LogP contribution in [0.5, 0.6) is 0 Å². The van der Waals surface area contributed by atoms with E-state index in [0.717, 1.165) is 12.4 Å². The van der Waals surface area contributed by atoms with E-state index in [4.69, 9.17) is 4.74 Å². The summed E-state index contributed by atoms with van der Waals surface area (Å²) in [6.45, 7) is 6.16. The maximum absolute atomic E-state index is 11.0. The fourth-order valence-electron chi connectivity index (χ4n) is 2.16. The van der Waals surface area contributed by atoms with Crippen molar-refractivity contribution in [3.63, 3.8) is 0 Å². The minimum atomic E-state index is -0.296. The second-order valence-corrected chi connectivity index (χ2v) is 5.08. The molecule has 0 aromatic heterocycles. The van der Waals surface area contributed by atoms with Crippen molar-refractivity contribution in [2.24, 2.45) is 11.8 Å². The molecule has 0 bridgehead atoms. The second kappa shape index (κ2) is 3.36. The molecule has 1 aliphatic rings. The average Bonchev–Trinajstić information content (AvgIpc) is 2.20. The first-order valence-corrected chi connectivity index (χ1v) is 5.54. The third-order valence-electron chi connectivity index (χ3n) is 3.39. The summed E-state index contributed by atoms with van der Waals surface area (Å²) < 4.78 is 5.95. The van der Waals surface area contributed by atoms with Gasteiger partial charge in [-0.15, -0.1) is 9.24 Å². The molecule has 5 atom stereocenters. The van der Waals surface area contributed by atoms with Gasteiger partial charge in [0.1, 0.15) is 14.1 Å². The van der Waals surface area contributed by atoms with E-state index in [0.29, 0.717) is 0 Å². The van der Waals surface area contributed by atoms with Gasteiger partial charge in [-0.3, -0.25) is 0 Å². The topological polar surface area (TPSA) is 26.3 Å². The second-order valence-electron chi connectivity index (χ2n) is 4.67. The predicted molar refractivity (Wildman–Crippen MR) is 59.7 cm³/mol. The lowest BCUT2D eigenvalue weighted by Gasteiger charge is -2.28. The molecular weight excluding hydrogens is 182 g/mol. The first-order chi connectivity index (χ1) is 5.87. The number of aldehydes is 1. The molecule has 4 unspecified atom stereocenters. The molecule has 1 heterocycles. The maximum Gasteiger partial charge on any atom is 0.143 e. The molecule has 1 saturated heterocycles. The lowest BCUT2D eigenvalue weighted by molar-refractivity contribution is -0.116. The van der Waals surface area contributed by atoms with E-state index < -0.39 is 0 Å². The average molecular weight is 200 g/mol. The van der Waals surface area contributed by atoms with Crippen LogP contribution in [0.3, 0.4) is 0 Å². The van der Waals surface area contributed by atoms with E-state index in [1.54, 1.807) is 0 Å². The Labute approximate surface area is 83.4 Å². The third kappa shape index (κ3) is 1.69. The minimum Gasteiger partial charge on any atom is -0.377 e. The number of hydrogen-bond acceptors (Lipinski definition) is 2. The summed E-state index contributed by atoms with van der Waals surface area (Å²) in [4.78, 5) is 11.0. The standard InChI is InChI=1S/C9H18BO2P/c1-6-7(4-11)8(2,5-13)12-9(6,3)10/h4,6-7H,5,10,13H2,1-3H3/t6?,7?,8?,9-/m1/s1. The van der Waals surface area contributed by atoms with Gasteiger partial charge in [-0.05, 0) is 25.9 Å². The molecule has 74 valence electrons. The molecule has 1 fully saturated rings. The van der Waals surface area contributed by atoms with Crippen LogP contribution in [-0.4, -0.2) is 31.4 Å². The van der Waals surface area contributed by atoms with E-state index in [1.165, 1.54) is 0 Å². The molecule has 1 aliphatic heterocycles. The zero-order valence-corrected chi connectivity index (χ0v) is 9.99. The van der Waals surface area contributed by atoms with E-state index in [2.05, 4.69) is 30.9 Å². The van der Waals surface area contributed by atoms with Gasteiger partial charge in [0.15, 0.2) is 0 Å². The largest absolute Gasteiger partial charge is 0.377 e. The Bertz CT molecular complexity index is 220. The predicted octanol–water partition coefficient (Wildman–Crippen LogP) is 0.451. The van der Waals surface area contributed by atoms with Crippen LogP contribution < -0.4 is 0 Å². The van der Waals surface area contributed by atoms with Crippen molar-refractivity contribution in [3.05, 3.63) is 0 Å². The van der Waals surface area contributed by atoms with Crippen molar-refractivity contribution < 1.29 is 9.53 Å². The molecular formula is C9H18BO2P. The van der Waals surface area contributed by atoms with Crippen LogP contribution in [0, 0.1) is 11.8 Å². The zero-order valence-electron chi connectivity index (χ0n) is 8.83. The molecule has 0 aromatic carbocycles. The smallest absolute Gasteiger partial charge is 0.143 e. The fourth-order valence-corrected chi connectivity index (χ4v) is 2.52. The maximum atomic E-state index is 11.0. The van der Waals surface area contributed by atoms with Crippen LogP contribution in [0.2, 0.25) is 0 Å². The highest BCUT2D eigenvalue weighted by molar-refractivity contribution is 7.16. The van der Waals surface area contributed by atoms with Crippen LogP contribution in [0.15, 0.2) is 0 Å². The molecule has 1 rings (SSSR count). The Balaban J connectivity index is 2.98. The van der Waals surface area contributed by atoms with E-state index >= 15 is 0 Å². The number of carbonyl (C=O) groups is 1. The Morgan fingerprint density at radius 3 is 2.46 bits per heavy atom. The van der Waals surface area contributed by atoms with Gasteiger partial charge in [0.05, 0.1) is 5.60 Å². The molecule has 0 spiro atoms. The van der Waals surface area contributed by atoms with Crippen LogP contribution in [0.25, 0.3) is 0 Å². The van der Waals surface area contributed by atoms with Crippen LogP contribution in [0.1, 0.15) is 20.8 Å². The zero-order chi connectivity index (χ0) is 10.3. The molecule has 0 N–H and O–H groups in total.